The summed E-state index contributed by atoms with van der Waals surface area (Å²) in [5.41, 5.74) is 0. The molecule has 316 valence electrons. The van der Waals surface area contributed by atoms with E-state index in [2.05, 4.69) is 10.6 Å². The smallest absolute Gasteiger partial charge is 0.338 e. The summed E-state index contributed by atoms with van der Waals surface area (Å²) in [5.74, 6) is -4.61. The summed E-state index contributed by atoms with van der Waals surface area (Å²) in [6.07, 6.45) is -35.7. The largest absolute Gasteiger partial charge is 0.479 e. The number of hydrogen-bond acceptors (Lipinski definition) is 22. The molecule has 0 aromatic rings. The Labute approximate surface area is 311 Å². The Balaban J connectivity index is 1.62. The predicted molar refractivity (Wildman–Crippen MR) is 167 cm³/mol. The van der Waals surface area contributed by atoms with Gasteiger partial charge >= 0.3 is 11.9 Å². The van der Waals surface area contributed by atoms with E-state index >= 15 is 0 Å². The molecule has 0 saturated carbocycles. The van der Waals surface area contributed by atoms with Crippen molar-refractivity contribution in [3.63, 3.8) is 0 Å². The number of carbonyl (C=O) groups is 4. The van der Waals surface area contributed by atoms with E-state index in [0.717, 1.165) is 13.8 Å². The summed E-state index contributed by atoms with van der Waals surface area (Å²) in [5, 5.41) is 121. The number of aliphatic hydroxyl groups excluding tert-OH is 10. The van der Waals surface area contributed by atoms with Gasteiger partial charge in [-0.15, -0.1) is 0 Å². The molecule has 0 aliphatic carbocycles. The number of rotatable bonds is 13. The Kier molecular flexibility index (Phi) is 15.6. The van der Waals surface area contributed by atoms with Crippen molar-refractivity contribution in [3.05, 3.63) is 0 Å². The van der Waals surface area contributed by atoms with Gasteiger partial charge in [-0.3, -0.25) is 9.59 Å². The van der Waals surface area contributed by atoms with E-state index in [1.807, 2.05) is 0 Å². The highest BCUT2D eigenvalue weighted by Gasteiger charge is 2.57. The first-order valence-corrected chi connectivity index (χ1v) is 17.0. The van der Waals surface area contributed by atoms with Crippen LogP contribution < -0.4 is 10.6 Å². The number of ether oxygens (including phenoxy) is 8. The van der Waals surface area contributed by atoms with Gasteiger partial charge in [0.05, 0.1) is 19.8 Å². The molecule has 4 saturated heterocycles. The van der Waals surface area contributed by atoms with Crippen LogP contribution in [0.15, 0.2) is 0 Å². The molecule has 2 amide bonds. The highest BCUT2D eigenvalue weighted by Crippen LogP contribution is 2.34. The molecule has 20 atom stereocenters. The van der Waals surface area contributed by atoms with E-state index in [0.29, 0.717) is 0 Å². The zero-order valence-electron chi connectivity index (χ0n) is 29.5. The van der Waals surface area contributed by atoms with Gasteiger partial charge in [0, 0.05) is 13.8 Å². The maximum Gasteiger partial charge on any atom is 0.338 e. The van der Waals surface area contributed by atoms with Gasteiger partial charge in [-0.25, -0.2) is 9.59 Å². The van der Waals surface area contributed by atoms with E-state index in [9.17, 15) is 75.3 Å². The minimum atomic E-state index is -2.29. The molecule has 55 heavy (non-hydrogen) atoms. The average molecular weight is 805 g/mol. The molecule has 4 aliphatic rings. The molecule has 4 heterocycles. The standard InChI is InChI=1S/C30H48N2O23/c1-4-48-27(47)23-16(40)15(39)18(42)29(54-23)52-21-12(32-8(3)36)28(50-10(6-34)14(21)38)53-22-17(41)19(43)30(55-24(22)25(44)45)51-20-11(31-7(2)35)26(46)49-9(5-33)13(20)37/h9-24,26,28-30,33-34,37-43,46H,4-6H2,1-3H3,(H,31,35)(H,32,36)(H,44,45)/t9-,10-,11-,12-,13-,14-,15+,16+,17-,18-,19-,20-,21-,22+,23+,24+,26-,28+,29-,30-/m1/s1. The lowest BCUT2D eigenvalue weighted by Gasteiger charge is -2.49. The molecule has 0 aromatic heterocycles. The SMILES string of the molecule is CCOC(=O)[C@H]1O[C@@H](O[C@H]2[C@H](O)[C@@H](CO)O[C@@H](O[C@H]3[C@H](O)[C@@H](O)[C@H](O[C@H]4[C@H](O)[C@@H](CO)O[C@@H](O)[C@@H]4NC(C)=O)O[C@@H]3C(=O)O)[C@@H]2NC(C)=O)[C@H](O)[C@@H](O)[C@@H]1O. The van der Waals surface area contributed by atoms with Crippen molar-refractivity contribution in [2.45, 2.75) is 143 Å². The lowest BCUT2D eigenvalue weighted by molar-refractivity contribution is -0.368. The number of aliphatic hydroxyl groups is 10. The Bertz CT molecular complexity index is 1330. The summed E-state index contributed by atoms with van der Waals surface area (Å²) in [6, 6.07) is -3.34. The molecule has 4 fully saturated rings. The lowest BCUT2D eigenvalue weighted by atomic mass is 9.94. The third-order valence-electron chi connectivity index (χ3n) is 9.22. The van der Waals surface area contributed by atoms with Gasteiger partial charge in [0.25, 0.3) is 0 Å². The van der Waals surface area contributed by atoms with Crippen molar-refractivity contribution in [1.82, 2.24) is 10.6 Å². The van der Waals surface area contributed by atoms with E-state index in [1.54, 1.807) is 0 Å². The average Bonchev–Trinajstić information content (AvgIpc) is 3.12. The Hall–Kier alpha value is -2.80. The van der Waals surface area contributed by atoms with Crippen molar-refractivity contribution >= 4 is 23.8 Å². The van der Waals surface area contributed by atoms with Gasteiger partial charge in [0.1, 0.15) is 85.3 Å². The quantitative estimate of drug-likeness (QED) is 0.0769. The van der Waals surface area contributed by atoms with Crippen LogP contribution in [0.5, 0.6) is 0 Å². The third kappa shape index (κ3) is 9.84. The van der Waals surface area contributed by atoms with Gasteiger partial charge in [-0.2, -0.15) is 0 Å². The van der Waals surface area contributed by atoms with Crippen LogP contribution in [0.3, 0.4) is 0 Å². The fraction of sp³-hybridized carbons (Fsp3) is 0.867. The molecule has 0 spiro atoms. The highest BCUT2D eigenvalue weighted by molar-refractivity contribution is 5.76. The van der Waals surface area contributed by atoms with Gasteiger partial charge in [0.2, 0.25) is 11.8 Å². The first kappa shape index (κ1) is 44.9. The molecular weight excluding hydrogens is 756 g/mol. The first-order valence-electron chi connectivity index (χ1n) is 17.0. The number of hydrogen-bond donors (Lipinski definition) is 13. The second kappa shape index (κ2) is 19.1. The third-order valence-corrected chi connectivity index (χ3v) is 9.22. The van der Waals surface area contributed by atoms with E-state index < -0.39 is 160 Å². The zero-order valence-corrected chi connectivity index (χ0v) is 29.5. The minimum absolute atomic E-state index is 0.173. The second-order valence-corrected chi connectivity index (χ2v) is 13.1. The number of carbonyl (C=O) groups excluding carboxylic acids is 3. The van der Waals surface area contributed by atoms with Crippen LogP contribution in [0, 0.1) is 0 Å². The Morgan fingerprint density at radius 3 is 1.55 bits per heavy atom. The van der Waals surface area contributed by atoms with Crippen molar-refractivity contribution in [2.24, 2.45) is 0 Å². The summed E-state index contributed by atoms with van der Waals surface area (Å²) >= 11 is 0. The molecule has 25 nitrogen and oxygen atoms in total. The van der Waals surface area contributed by atoms with Crippen LogP contribution in [-0.2, 0) is 57.1 Å². The van der Waals surface area contributed by atoms with Gasteiger partial charge < -0.3 is 105 Å². The van der Waals surface area contributed by atoms with E-state index in [1.165, 1.54) is 6.92 Å². The van der Waals surface area contributed by atoms with Gasteiger partial charge in [-0.1, -0.05) is 0 Å². The minimum Gasteiger partial charge on any atom is -0.479 e. The van der Waals surface area contributed by atoms with Gasteiger partial charge in [-0.05, 0) is 6.92 Å². The Morgan fingerprint density at radius 1 is 0.564 bits per heavy atom. The molecule has 0 radical (unpaired) electrons. The molecule has 4 aliphatic heterocycles. The topological polar surface area (TPSA) is 389 Å². The van der Waals surface area contributed by atoms with Crippen molar-refractivity contribution in [1.29, 1.82) is 0 Å². The number of aliphatic carboxylic acids is 1. The fourth-order valence-corrected chi connectivity index (χ4v) is 6.51. The molecule has 0 bridgehead atoms. The van der Waals surface area contributed by atoms with Crippen molar-refractivity contribution in [3.8, 4) is 0 Å². The van der Waals surface area contributed by atoms with Crippen LogP contribution in [-0.4, -0.2) is 222 Å². The molecule has 25 heteroatoms. The Morgan fingerprint density at radius 2 is 1.04 bits per heavy atom. The second-order valence-electron chi connectivity index (χ2n) is 13.1. The van der Waals surface area contributed by atoms with Crippen LogP contribution in [0.25, 0.3) is 0 Å². The first-order chi connectivity index (χ1) is 25.9. The maximum absolute atomic E-state index is 12.5. The maximum atomic E-state index is 12.5. The predicted octanol–water partition coefficient (Wildman–Crippen LogP) is -8.80. The van der Waals surface area contributed by atoms with E-state index in [-0.39, 0.29) is 6.61 Å². The van der Waals surface area contributed by atoms with Crippen LogP contribution in [0.1, 0.15) is 20.8 Å². The van der Waals surface area contributed by atoms with Crippen molar-refractivity contribution in [2.75, 3.05) is 19.8 Å². The van der Waals surface area contributed by atoms with Crippen LogP contribution in [0.4, 0.5) is 0 Å². The summed E-state index contributed by atoms with van der Waals surface area (Å²) in [6.45, 7) is 1.44. The molecule has 0 aromatic carbocycles. The summed E-state index contributed by atoms with van der Waals surface area (Å²) in [7, 11) is 0. The molecule has 4 rings (SSSR count). The monoisotopic (exact) mass is 804 g/mol. The van der Waals surface area contributed by atoms with Gasteiger partial charge in [0.15, 0.2) is 37.4 Å². The van der Waals surface area contributed by atoms with E-state index in [4.69, 9.17) is 37.9 Å². The number of nitrogens with one attached hydrogen (secondary N) is 2. The van der Waals surface area contributed by atoms with Crippen LogP contribution in [0.2, 0.25) is 0 Å². The highest BCUT2D eigenvalue weighted by atomic mass is 16.8. The summed E-state index contributed by atoms with van der Waals surface area (Å²) in [4.78, 5) is 49.2. The fourth-order valence-electron chi connectivity index (χ4n) is 6.51. The zero-order chi connectivity index (χ0) is 41.0. The number of carboxylic acids is 1. The van der Waals surface area contributed by atoms with Crippen molar-refractivity contribution < 1.29 is 113 Å². The molecular formula is C30H48N2O23. The molecule has 13 N–H and O–H groups in total. The summed E-state index contributed by atoms with van der Waals surface area (Å²) < 4.78 is 43.4. The number of amides is 2. The lowest BCUT2D eigenvalue weighted by Crippen LogP contribution is -2.70. The molecule has 0 unspecified atom stereocenters. The number of carboxylic acid groups (broad SMARTS) is 1. The van der Waals surface area contributed by atoms with Crippen LogP contribution >= 0.6 is 0 Å². The number of esters is 1. The normalized spacial score (nSPS) is 45.0.